The number of carbonyl (C=O) groups excluding carboxylic acids is 1. The molecule has 0 aliphatic rings. The highest BCUT2D eigenvalue weighted by Crippen LogP contribution is 2.27. The average Bonchev–Trinajstić information content (AvgIpc) is 2.42. The zero-order valence-corrected chi connectivity index (χ0v) is 13.9. The number of urea groups is 1. The van der Waals surface area contributed by atoms with Gasteiger partial charge in [-0.1, -0.05) is 40.9 Å². The van der Waals surface area contributed by atoms with Gasteiger partial charge in [-0.15, -0.1) is 4.36 Å². The Kier molecular flexibility index (Phi) is 4.95. The van der Waals surface area contributed by atoms with Crippen molar-refractivity contribution in [3.8, 4) is 0 Å². The summed E-state index contributed by atoms with van der Waals surface area (Å²) in [5.74, 6) is 0. The van der Waals surface area contributed by atoms with E-state index in [9.17, 15) is 9.00 Å². The molecule has 0 spiro atoms. The molecule has 8 heteroatoms. The lowest BCUT2D eigenvalue weighted by Gasteiger charge is -2.13. The molecule has 0 bridgehead atoms. The minimum Gasteiger partial charge on any atom is -0.349 e. The number of nitrogens with two attached hydrogens (primary N) is 1. The first kappa shape index (κ1) is 16.6. The first-order chi connectivity index (χ1) is 10.3. The third kappa shape index (κ3) is 3.91. The van der Waals surface area contributed by atoms with Gasteiger partial charge in [0.1, 0.15) is 0 Å². The van der Waals surface area contributed by atoms with Crippen LogP contribution in [-0.2, 0) is 9.92 Å². The number of hydrogen-bond donors (Lipinski definition) is 2. The number of primary amides is 1. The number of nitrogens with zero attached hydrogens (tertiary/aromatic N) is 1. The fraction of sp³-hybridized carbons (Fsp3) is 0.0714. The Hall–Kier alpha value is -1.76. The molecule has 0 radical (unpaired) electrons. The molecular weight excluding hydrogens is 345 g/mol. The van der Waals surface area contributed by atoms with E-state index in [0.29, 0.717) is 15.6 Å². The molecule has 3 N–H and O–H groups in total. The summed E-state index contributed by atoms with van der Waals surface area (Å²) in [6, 6.07) is 10.4. The summed E-state index contributed by atoms with van der Waals surface area (Å²) in [6.45, 7) is 1.89. The number of benzene rings is 2. The highest BCUT2D eigenvalue weighted by atomic mass is 35.5. The van der Waals surface area contributed by atoms with E-state index in [0.717, 1.165) is 5.56 Å². The van der Waals surface area contributed by atoms with Crippen LogP contribution >= 0.6 is 23.2 Å². The predicted molar refractivity (Wildman–Crippen MR) is 89.7 cm³/mol. The summed E-state index contributed by atoms with van der Waals surface area (Å²) >= 11 is 11.8. The molecule has 2 rings (SSSR count). The van der Waals surface area contributed by atoms with Crippen LogP contribution in [0.15, 0.2) is 51.7 Å². The Morgan fingerprint density at radius 3 is 2.32 bits per heavy atom. The van der Waals surface area contributed by atoms with Gasteiger partial charge in [0.15, 0.2) is 9.92 Å². The number of anilines is 1. The average molecular weight is 358 g/mol. The zero-order chi connectivity index (χ0) is 16.3. The van der Waals surface area contributed by atoms with E-state index in [-0.39, 0.29) is 5.02 Å². The van der Waals surface area contributed by atoms with Gasteiger partial charge < -0.3 is 5.73 Å². The molecule has 0 aliphatic heterocycles. The maximum Gasteiger partial charge on any atom is 0.348 e. The van der Waals surface area contributed by atoms with Crippen LogP contribution in [0.1, 0.15) is 5.56 Å². The van der Waals surface area contributed by atoms with Crippen molar-refractivity contribution >= 4 is 44.8 Å². The molecule has 0 saturated carbocycles. The van der Waals surface area contributed by atoms with Crippen LogP contribution in [0.3, 0.4) is 0 Å². The smallest absolute Gasteiger partial charge is 0.348 e. The Morgan fingerprint density at radius 1 is 1.14 bits per heavy atom. The van der Waals surface area contributed by atoms with Gasteiger partial charge in [-0.05, 0) is 37.3 Å². The standard InChI is InChI=1S/C14H13Cl2N3O2S/c1-9-2-5-11(6-3-9)22(21,19-14(17)20)18-10-4-7-12(15)13(16)8-10/h2-8H,1H3,(H3,17,18,19,20,21). The van der Waals surface area contributed by atoms with E-state index in [2.05, 4.69) is 9.08 Å². The first-order valence-electron chi connectivity index (χ1n) is 6.16. The van der Waals surface area contributed by atoms with Gasteiger partial charge in [0, 0.05) is 5.69 Å². The van der Waals surface area contributed by atoms with Crippen molar-refractivity contribution in [3.63, 3.8) is 0 Å². The van der Waals surface area contributed by atoms with Crippen molar-refractivity contribution in [1.82, 2.24) is 0 Å². The molecule has 116 valence electrons. The number of nitrogens with one attached hydrogen (secondary N) is 1. The third-order valence-corrected chi connectivity index (χ3v) is 5.33. The minimum absolute atomic E-state index is 0.288. The molecule has 0 aromatic heterocycles. The summed E-state index contributed by atoms with van der Waals surface area (Å²) in [6.07, 6.45) is 0. The van der Waals surface area contributed by atoms with E-state index < -0.39 is 15.9 Å². The second kappa shape index (κ2) is 6.56. The fourth-order valence-electron chi connectivity index (χ4n) is 1.70. The largest absolute Gasteiger partial charge is 0.349 e. The number of amides is 2. The molecule has 5 nitrogen and oxygen atoms in total. The van der Waals surface area contributed by atoms with Crippen molar-refractivity contribution in [3.05, 3.63) is 58.1 Å². The summed E-state index contributed by atoms with van der Waals surface area (Å²) in [5.41, 5.74) is 6.47. The van der Waals surface area contributed by atoms with Crippen LogP contribution < -0.4 is 10.5 Å². The van der Waals surface area contributed by atoms with Crippen molar-refractivity contribution in [1.29, 1.82) is 0 Å². The molecule has 2 aromatic rings. The number of rotatable bonds is 3. The molecule has 0 saturated heterocycles. The van der Waals surface area contributed by atoms with E-state index in [4.69, 9.17) is 28.9 Å². The number of aryl methyl sites for hydroxylation is 1. The van der Waals surface area contributed by atoms with Crippen LogP contribution in [0, 0.1) is 6.92 Å². The molecule has 1 unspecified atom stereocenters. The first-order valence-corrected chi connectivity index (χ1v) is 8.43. The molecule has 0 heterocycles. The van der Waals surface area contributed by atoms with E-state index in [1.54, 1.807) is 36.4 Å². The van der Waals surface area contributed by atoms with Crippen LogP contribution in [0.2, 0.25) is 10.0 Å². The predicted octanol–water partition coefficient (Wildman–Crippen LogP) is 4.23. The summed E-state index contributed by atoms with van der Waals surface area (Å²) < 4.78 is 19.3. The van der Waals surface area contributed by atoms with Gasteiger partial charge >= 0.3 is 6.03 Å². The summed E-state index contributed by atoms with van der Waals surface area (Å²) in [7, 11) is -3.27. The topological polar surface area (TPSA) is 84.6 Å². The van der Waals surface area contributed by atoms with Gasteiger partial charge in [-0.25, -0.2) is 9.00 Å². The fourth-order valence-corrected chi connectivity index (χ4v) is 3.48. The van der Waals surface area contributed by atoms with Crippen LogP contribution in [-0.4, -0.2) is 10.2 Å². The summed E-state index contributed by atoms with van der Waals surface area (Å²) in [5, 5.41) is 0.650. The quantitative estimate of drug-likeness (QED) is 0.860. The Morgan fingerprint density at radius 2 is 1.77 bits per heavy atom. The second-order valence-corrected chi connectivity index (χ2v) is 7.22. The van der Waals surface area contributed by atoms with Crippen molar-refractivity contribution in [2.75, 3.05) is 4.72 Å². The molecule has 2 amide bonds. The zero-order valence-electron chi connectivity index (χ0n) is 11.5. The lowest BCUT2D eigenvalue weighted by atomic mass is 10.2. The molecule has 0 aliphatic carbocycles. The number of halogens is 2. The Balaban J connectivity index is 2.51. The monoisotopic (exact) mass is 357 g/mol. The van der Waals surface area contributed by atoms with Gasteiger partial charge in [0.05, 0.1) is 14.9 Å². The van der Waals surface area contributed by atoms with E-state index >= 15 is 0 Å². The van der Waals surface area contributed by atoms with E-state index in [1.165, 1.54) is 6.07 Å². The Bertz CT molecular complexity index is 828. The van der Waals surface area contributed by atoms with Crippen molar-refractivity contribution in [2.45, 2.75) is 11.8 Å². The highest BCUT2D eigenvalue weighted by molar-refractivity contribution is 7.95. The van der Waals surface area contributed by atoms with Crippen LogP contribution in [0.5, 0.6) is 0 Å². The Labute approximate surface area is 138 Å². The van der Waals surface area contributed by atoms with Crippen LogP contribution in [0.4, 0.5) is 10.5 Å². The molecule has 2 aromatic carbocycles. The maximum absolute atomic E-state index is 13.0. The van der Waals surface area contributed by atoms with Crippen molar-refractivity contribution in [2.24, 2.45) is 10.1 Å². The minimum atomic E-state index is -3.27. The molecule has 0 fully saturated rings. The van der Waals surface area contributed by atoms with Gasteiger partial charge in [0.2, 0.25) is 0 Å². The molecular formula is C14H13Cl2N3O2S. The highest BCUT2D eigenvalue weighted by Gasteiger charge is 2.15. The van der Waals surface area contributed by atoms with Crippen LogP contribution in [0.25, 0.3) is 0 Å². The maximum atomic E-state index is 13.0. The number of hydrogen-bond acceptors (Lipinski definition) is 2. The van der Waals surface area contributed by atoms with Gasteiger partial charge in [-0.3, -0.25) is 4.72 Å². The van der Waals surface area contributed by atoms with Gasteiger partial charge in [-0.2, -0.15) is 0 Å². The second-order valence-electron chi connectivity index (χ2n) is 4.50. The molecule has 22 heavy (non-hydrogen) atoms. The summed E-state index contributed by atoms with van der Waals surface area (Å²) in [4.78, 5) is 11.5. The lowest BCUT2D eigenvalue weighted by Crippen LogP contribution is -2.17. The van der Waals surface area contributed by atoms with Crippen molar-refractivity contribution < 1.29 is 9.00 Å². The number of carbonyl (C=O) groups is 1. The SMILES string of the molecule is Cc1ccc(S(=O)(=NC(N)=O)Nc2ccc(Cl)c(Cl)c2)cc1. The van der Waals surface area contributed by atoms with Gasteiger partial charge in [0.25, 0.3) is 0 Å². The van der Waals surface area contributed by atoms with E-state index in [1.807, 2.05) is 6.92 Å². The molecule has 1 atom stereocenters. The lowest BCUT2D eigenvalue weighted by molar-refractivity contribution is 0.257. The third-order valence-electron chi connectivity index (χ3n) is 2.73. The normalized spacial score (nSPS) is 13.2.